The molecule has 0 spiro atoms. The Kier molecular flexibility index (Phi) is 7.66. The predicted molar refractivity (Wildman–Crippen MR) is 139 cm³/mol. The lowest BCUT2D eigenvalue weighted by molar-refractivity contribution is -0.154. The molecule has 204 valence electrons. The van der Waals surface area contributed by atoms with Crippen molar-refractivity contribution in [1.82, 2.24) is 15.0 Å². The molecular formula is C28H34ClN3O6. The Morgan fingerprint density at radius 1 is 1.13 bits per heavy atom. The van der Waals surface area contributed by atoms with Gasteiger partial charge in [0.1, 0.15) is 23.8 Å². The van der Waals surface area contributed by atoms with Gasteiger partial charge in [0.2, 0.25) is 11.8 Å². The van der Waals surface area contributed by atoms with Crippen LogP contribution in [0.25, 0.3) is 0 Å². The zero-order valence-electron chi connectivity index (χ0n) is 21.9. The van der Waals surface area contributed by atoms with Crippen molar-refractivity contribution >= 4 is 29.4 Å². The molecular weight excluding hydrogens is 510 g/mol. The first-order chi connectivity index (χ1) is 18.3. The number of hydrogen-bond acceptors (Lipinski definition) is 6. The molecule has 10 heteroatoms. The summed E-state index contributed by atoms with van der Waals surface area (Å²) in [6.45, 7) is 5.31. The fourth-order valence-electron chi connectivity index (χ4n) is 6.14. The number of halogens is 1. The highest BCUT2D eigenvalue weighted by molar-refractivity contribution is 6.31. The van der Waals surface area contributed by atoms with Crippen molar-refractivity contribution in [2.45, 2.75) is 71.4 Å². The maximum Gasteiger partial charge on any atom is 0.307 e. The van der Waals surface area contributed by atoms with Crippen molar-refractivity contribution in [1.29, 1.82) is 0 Å². The number of benzene rings is 1. The average Bonchev–Trinajstić information content (AvgIpc) is 3.47. The second-order valence-electron chi connectivity index (χ2n) is 10.6. The minimum Gasteiger partial charge on any atom is -0.487 e. The third-order valence-electron chi connectivity index (χ3n) is 8.44. The quantitative estimate of drug-likeness (QED) is 0.548. The van der Waals surface area contributed by atoms with Crippen LogP contribution in [0, 0.1) is 25.7 Å². The molecule has 1 aromatic heterocycles. The van der Waals surface area contributed by atoms with Crippen LogP contribution in [0.2, 0.25) is 5.02 Å². The van der Waals surface area contributed by atoms with E-state index in [1.165, 1.54) is 0 Å². The lowest BCUT2D eigenvalue weighted by Crippen LogP contribution is -2.50. The van der Waals surface area contributed by atoms with E-state index in [9.17, 15) is 19.5 Å². The summed E-state index contributed by atoms with van der Waals surface area (Å²) in [5, 5.41) is 14.5. The van der Waals surface area contributed by atoms with E-state index in [2.05, 4.69) is 5.16 Å². The largest absolute Gasteiger partial charge is 0.487 e. The molecule has 0 bridgehead atoms. The number of rotatable bonds is 7. The molecule has 0 radical (unpaired) electrons. The van der Waals surface area contributed by atoms with E-state index in [0.717, 1.165) is 41.7 Å². The summed E-state index contributed by atoms with van der Waals surface area (Å²) in [4.78, 5) is 42.3. The van der Waals surface area contributed by atoms with Crippen LogP contribution in [0.3, 0.4) is 0 Å². The maximum absolute atomic E-state index is 14.0. The smallest absolute Gasteiger partial charge is 0.307 e. The number of carbonyl (C=O) groups excluding carboxylic acids is 2. The predicted octanol–water partition coefficient (Wildman–Crippen LogP) is 4.46. The molecule has 2 aromatic rings. The minimum absolute atomic E-state index is 0.0591. The lowest BCUT2D eigenvalue weighted by Gasteiger charge is -2.43. The lowest BCUT2D eigenvalue weighted by atomic mass is 9.77. The zero-order valence-corrected chi connectivity index (χ0v) is 22.6. The standard InChI is InChI=1S/C28H34ClN3O6/c1-16-17(2)38-30-22(16)15-37-24-10-9-21(29)20-11-13-32(23(26(20)24)14-31-12-5-8-25(31)33)27(34)18-6-3-4-7-19(18)28(35)36/h9-10,18-19,23H,3-8,11-15H2,1-2H3,(H,35,36). The molecule has 3 heterocycles. The maximum atomic E-state index is 14.0. The number of carboxylic acids is 1. The first-order valence-electron chi connectivity index (χ1n) is 13.4. The van der Waals surface area contributed by atoms with E-state index in [1.807, 2.05) is 13.8 Å². The molecule has 1 saturated heterocycles. The first kappa shape index (κ1) is 26.5. The molecule has 2 fully saturated rings. The third kappa shape index (κ3) is 5.00. The minimum atomic E-state index is -0.919. The molecule has 2 amide bonds. The van der Waals surface area contributed by atoms with Crippen molar-refractivity contribution < 1.29 is 28.8 Å². The summed E-state index contributed by atoms with van der Waals surface area (Å²) in [7, 11) is 0. The summed E-state index contributed by atoms with van der Waals surface area (Å²) in [5.41, 5.74) is 3.29. The van der Waals surface area contributed by atoms with Crippen molar-refractivity contribution in [3.63, 3.8) is 0 Å². The summed E-state index contributed by atoms with van der Waals surface area (Å²) in [6, 6.07) is 3.11. The van der Waals surface area contributed by atoms with Crippen molar-refractivity contribution in [2.24, 2.45) is 11.8 Å². The van der Waals surface area contributed by atoms with Crippen LogP contribution in [0.4, 0.5) is 0 Å². The van der Waals surface area contributed by atoms with Crippen molar-refractivity contribution in [3.8, 4) is 5.75 Å². The van der Waals surface area contributed by atoms with Crippen LogP contribution >= 0.6 is 11.6 Å². The highest BCUT2D eigenvalue weighted by atomic mass is 35.5. The second-order valence-corrected chi connectivity index (χ2v) is 11.0. The van der Waals surface area contributed by atoms with E-state index in [4.69, 9.17) is 20.9 Å². The molecule has 3 atom stereocenters. The van der Waals surface area contributed by atoms with Crippen LogP contribution in [-0.4, -0.2) is 57.5 Å². The number of ether oxygens (including phenoxy) is 1. The van der Waals surface area contributed by atoms with Gasteiger partial charge in [-0.1, -0.05) is 29.6 Å². The number of carboxylic acid groups (broad SMARTS) is 1. The van der Waals surface area contributed by atoms with Gasteiger partial charge >= 0.3 is 5.97 Å². The van der Waals surface area contributed by atoms with Crippen LogP contribution in [0.15, 0.2) is 16.7 Å². The van der Waals surface area contributed by atoms with Crippen LogP contribution < -0.4 is 4.74 Å². The fraction of sp³-hybridized carbons (Fsp3) is 0.571. The van der Waals surface area contributed by atoms with Gasteiger partial charge in [-0.3, -0.25) is 14.4 Å². The first-order valence-corrected chi connectivity index (χ1v) is 13.8. The number of aromatic nitrogens is 1. The molecule has 1 aromatic carbocycles. The van der Waals surface area contributed by atoms with Crippen LogP contribution in [-0.2, 0) is 27.4 Å². The van der Waals surface area contributed by atoms with E-state index < -0.39 is 23.8 Å². The highest BCUT2D eigenvalue weighted by Crippen LogP contribution is 2.43. The van der Waals surface area contributed by atoms with Gasteiger partial charge in [-0.15, -0.1) is 0 Å². The number of amides is 2. The molecule has 9 nitrogen and oxygen atoms in total. The third-order valence-corrected chi connectivity index (χ3v) is 8.79. The number of fused-ring (bicyclic) bond motifs is 1. The van der Waals surface area contributed by atoms with Gasteiger partial charge in [-0.2, -0.15) is 0 Å². The molecule has 1 aliphatic carbocycles. The number of nitrogens with zero attached hydrogens (tertiary/aromatic N) is 3. The average molecular weight is 544 g/mol. The summed E-state index contributed by atoms with van der Waals surface area (Å²) < 4.78 is 11.6. The molecule has 2 aliphatic heterocycles. The number of likely N-dealkylation sites (tertiary alicyclic amines) is 1. The van der Waals surface area contributed by atoms with Gasteiger partial charge in [0.25, 0.3) is 0 Å². The molecule has 1 saturated carbocycles. The number of carbonyl (C=O) groups is 3. The molecule has 3 aliphatic rings. The van der Waals surface area contributed by atoms with E-state index in [-0.39, 0.29) is 18.4 Å². The molecule has 38 heavy (non-hydrogen) atoms. The number of hydrogen-bond donors (Lipinski definition) is 1. The summed E-state index contributed by atoms with van der Waals surface area (Å²) in [6.07, 6.45) is 4.48. The molecule has 1 N–H and O–H groups in total. The fourth-order valence-corrected chi connectivity index (χ4v) is 6.40. The Labute approximate surface area is 227 Å². The van der Waals surface area contributed by atoms with Crippen molar-refractivity contribution in [2.75, 3.05) is 19.6 Å². The van der Waals surface area contributed by atoms with E-state index in [1.54, 1.807) is 21.9 Å². The van der Waals surface area contributed by atoms with Gasteiger partial charge < -0.3 is 24.2 Å². The highest BCUT2D eigenvalue weighted by Gasteiger charge is 2.43. The number of aryl methyl sites for hydroxylation is 1. The summed E-state index contributed by atoms with van der Waals surface area (Å²) in [5.74, 6) is -0.986. The number of aliphatic carboxylic acids is 1. The van der Waals surface area contributed by atoms with Crippen molar-refractivity contribution in [3.05, 3.63) is 45.3 Å². The van der Waals surface area contributed by atoms with E-state index >= 15 is 0 Å². The van der Waals surface area contributed by atoms with Crippen LogP contribution in [0.5, 0.6) is 5.75 Å². The second kappa shape index (κ2) is 11.0. The molecule has 5 rings (SSSR count). The Bertz CT molecular complexity index is 1240. The zero-order chi connectivity index (χ0) is 27.0. The van der Waals surface area contributed by atoms with Gasteiger partial charge in [0, 0.05) is 42.2 Å². The monoisotopic (exact) mass is 543 g/mol. The Hall–Kier alpha value is -3.07. The molecule has 3 unspecified atom stereocenters. The van der Waals surface area contributed by atoms with E-state index in [0.29, 0.717) is 61.8 Å². The summed E-state index contributed by atoms with van der Waals surface area (Å²) >= 11 is 6.67. The van der Waals surface area contributed by atoms with Gasteiger partial charge in [0.05, 0.1) is 17.9 Å². The SMILES string of the molecule is Cc1onc(COc2ccc(Cl)c3c2C(CN2CCCC2=O)N(C(=O)C2CCCCC2C(=O)O)CC3)c1C. The Balaban J connectivity index is 1.52. The van der Waals surface area contributed by atoms with Gasteiger partial charge in [-0.25, -0.2) is 0 Å². The van der Waals surface area contributed by atoms with Gasteiger partial charge in [0.15, 0.2) is 0 Å². The van der Waals surface area contributed by atoms with Gasteiger partial charge in [-0.05, 0) is 57.2 Å². The Morgan fingerprint density at radius 3 is 2.55 bits per heavy atom. The topological polar surface area (TPSA) is 113 Å². The van der Waals surface area contributed by atoms with Crippen LogP contribution in [0.1, 0.15) is 72.7 Å². The Morgan fingerprint density at radius 2 is 1.89 bits per heavy atom. The normalized spacial score (nSPS) is 23.4.